The van der Waals surface area contributed by atoms with Crippen LogP contribution in [0.15, 0.2) is 28.9 Å². The molecule has 0 rings (SSSR count). The van der Waals surface area contributed by atoms with Crippen LogP contribution in [-0.2, 0) is 0 Å². The topological polar surface area (TPSA) is 36.1 Å². The van der Waals surface area contributed by atoms with Crippen molar-refractivity contribution in [1.29, 1.82) is 5.26 Å². The normalized spacial score (nSPS) is 12.6. The molecule has 0 aliphatic carbocycles. The summed E-state index contributed by atoms with van der Waals surface area (Å²) >= 11 is 0. The molecular weight excluding hydrogens is 136 g/mol. The van der Waals surface area contributed by atoms with E-state index in [2.05, 4.69) is 4.99 Å². The lowest BCUT2D eigenvalue weighted by atomic mass is 10.4. The first-order valence-corrected chi connectivity index (χ1v) is 3.60. The van der Waals surface area contributed by atoms with E-state index in [1.54, 1.807) is 18.4 Å². The molecule has 0 heterocycles. The summed E-state index contributed by atoms with van der Waals surface area (Å²) in [5.41, 5.74) is 0.477. The second kappa shape index (κ2) is 6.76. The largest absolute Gasteiger partial charge is 0.246 e. The lowest BCUT2D eigenvalue weighted by Crippen LogP contribution is -1.72. The van der Waals surface area contributed by atoms with Crippen LogP contribution in [0.1, 0.15) is 20.3 Å². The van der Waals surface area contributed by atoms with Crippen LogP contribution >= 0.6 is 0 Å². The van der Waals surface area contributed by atoms with Crippen molar-refractivity contribution in [2.75, 3.05) is 0 Å². The Balaban J connectivity index is 4.11. The number of aliphatic imine (C=N–C) groups is 1. The Morgan fingerprint density at radius 1 is 1.64 bits per heavy atom. The molecule has 0 aromatic heterocycles. The van der Waals surface area contributed by atoms with Gasteiger partial charge in [0.05, 0.1) is 0 Å². The van der Waals surface area contributed by atoms with E-state index in [0.717, 1.165) is 6.42 Å². The molecule has 0 saturated heterocycles. The standard InChI is InChI=1S/C9H12N2/c1-3-5-7-11-9(8-10)6-4-2/h3,5-7H,4H2,1-2H3/b5-3-,9-6+,11-7-. The van der Waals surface area contributed by atoms with Crippen LogP contribution in [0.4, 0.5) is 0 Å². The molecule has 0 N–H and O–H groups in total. The van der Waals surface area contributed by atoms with Crippen molar-refractivity contribution in [1.82, 2.24) is 0 Å². The summed E-state index contributed by atoms with van der Waals surface area (Å²) in [6, 6.07) is 1.99. The number of allylic oxidation sites excluding steroid dienone is 4. The summed E-state index contributed by atoms with van der Waals surface area (Å²) in [5, 5.41) is 8.50. The molecule has 0 aliphatic rings. The third-order valence-electron chi connectivity index (χ3n) is 1.00. The summed E-state index contributed by atoms with van der Waals surface area (Å²) in [5.74, 6) is 0. The molecule has 0 aromatic rings. The van der Waals surface area contributed by atoms with Crippen molar-refractivity contribution in [3.05, 3.63) is 23.9 Å². The summed E-state index contributed by atoms with van der Waals surface area (Å²) in [4.78, 5) is 3.91. The van der Waals surface area contributed by atoms with E-state index in [1.807, 2.05) is 26.0 Å². The van der Waals surface area contributed by atoms with Crippen LogP contribution in [0, 0.1) is 11.3 Å². The highest BCUT2D eigenvalue weighted by Crippen LogP contribution is 1.94. The van der Waals surface area contributed by atoms with Crippen molar-refractivity contribution in [2.24, 2.45) is 4.99 Å². The summed E-state index contributed by atoms with van der Waals surface area (Å²) < 4.78 is 0. The fourth-order valence-corrected chi connectivity index (χ4v) is 0.530. The zero-order valence-corrected chi connectivity index (χ0v) is 6.91. The fourth-order valence-electron chi connectivity index (χ4n) is 0.530. The number of nitrogens with zero attached hydrogens (tertiary/aromatic N) is 2. The molecule has 0 atom stereocenters. The lowest BCUT2D eigenvalue weighted by molar-refractivity contribution is 1.19. The van der Waals surface area contributed by atoms with Gasteiger partial charge in [-0.3, -0.25) is 0 Å². The first kappa shape index (κ1) is 9.64. The van der Waals surface area contributed by atoms with Gasteiger partial charge in [0, 0.05) is 6.21 Å². The average Bonchev–Trinajstić information content (AvgIpc) is 2.03. The molecule has 0 bridgehead atoms. The molecule has 2 heteroatoms. The van der Waals surface area contributed by atoms with Gasteiger partial charge in [0.1, 0.15) is 11.8 Å². The van der Waals surface area contributed by atoms with Gasteiger partial charge in [0.25, 0.3) is 0 Å². The molecule has 0 saturated carbocycles. The first-order chi connectivity index (χ1) is 5.35. The van der Waals surface area contributed by atoms with Crippen LogP contribution in [0.2, 0.25) is 0 Å². The van der Waals surface area contributed by atoms with Gasteiger partial charge in [-0.15, -0.1) is 0 Å². The quantitative estimate of drug-likeness (QED) is 0.447. The Morgan fingerprint density at radius 2 is 2.36 bits per heavy atom. The molecule has 0 radical (unpaired) electrons. The predicted molar refractivity (Wildman–Crippen MR) is 47.3 cm³/mol. The van der Waals surface area contributed by atoms with Gasteiger partial charge < -0.3 is 0 Å². The highest BCUT2D eigenvalue weighted by molar-refractivity contribution is 5.72. The van der Waals surface area contributed by atoms with Crippen molar-refractivity contribution in [3.8, 4) is 6.07 Å². The molecule has 11 heavy (non-hydrogen) atoms. The van der Waals surface area contributed by atoms with E-state index in [0.29, 0.717) is 5.70 Å². The highest BCUT2D eigenvalue weighted by atomic mass is 14.7. The monoisotopic (exact) mass is 148 g/mol. The minimum absolute atomic E-state index is 0.477. The smallest absolute Gasteiger partial charge is 0.136 e. The number of rotatable bonds is 3. The second-order valence-corrected chi connectivity index (χ2v) is 1.91. The van der Waals surface area contributed by atoms with Crippen LogP contribution in [0.5, 0.6) is 0 Å². The van der Waals surface area contributed by atoms with E-state index < -0.39 is 0 Å². The minimum atomic E-state index is 0.477. The SMILES string of the molecule is C\C=C/C=N\C(C#N)=C\CC. The van der Waals surface area contributed by atoms with Gasteiger partial charge in [0.2, 0.25) is 0 Å². The maximum absolute atomic E-state index is 8.50. The van der Waals surface area contributed by atoms with Gasteiger partial charge >= 0.3 is 0 Å². The van der Waals surface area contributed by atoms with Gasteiger partial charge in [-0.25, -0.2) is 4.99 Å². The third kappa shape index (κ3) is 5.10. The van der Waals surface area contributed by atoms with E-state index in [1.165, 1.54) is 0 Å². The van der Waals surface area contributed by atoms with E-state index >= 15 is 0 Å². The number of hydrogen-bond donors (Lipinski definition) is 0. The van der Waals surface area contributed by atoms with Crippen molar-refractivity contribution in [3.63, 3.8) is 0 Å². The van der Waals surface area contributed by atoms with Crippen molar-refractivity contribution < 1.29 is 0 Å². The second-order valence-electron chi connectivity index (χ2n) is 1.91. The Labute approximate surface area is 67.6 Å². The maximum Gasteiger partial charge on any atom is 0.136 e. The van der Waals surface area contributed by atoms with Crippen molar-refractivity contribution >= 4 is 6.21 Å². The summed E-state index contributed by atoms with van der Waals surface area (Å²) in [7, 11) is 0. The van der Waals surface area contributed by atoms with Crippen LogP contribution in [0.3, 0.4) is 0 Å². The summed E-state index contributed by atoms with van der Waals surface area (Å²) in [6.07, 6.45) is 7.91. The van der Waals surface area contributed by atoms with E-state index in [4.69, 9.17) is 5.26 Å². The third-order valence-corrected chi connectivity index (χ3v) is 1.00. The molecule has 0 aromatic carbocycles. The Kier molecular flexibility index (Phi) is 5.92. The summed E-state index contributed by atoms with van der Waals surface area (Å²) in [6.45, 7) is 3.88. The molecule has 58 valence electrons. The molecule has 0 aliphatic heterocycles. The van der Waals surface area contributed by atoms with Crippen LogP contribution in [-0.4, -0.2) is 6.21 Å². The van der Waals surface area contributed by atoms with Gasteiger partial charge in [-0.2, -0.15) is 5.26 Å². The first-order valence-electron chi connectivity index (χ1n) is 3.60. The maximum atomic E-state index is 8.50. The van der Waals surface area contributed by atoms with E-state index in [9.17, 15) is 0 Å². The molecule has 0 fully saturated rings. The zero-order valence-electron chi connectivity index (χ0n) is 6.91. The Morgan fingerprint density at radius 3 is 2.82 bits per heavy atom. The van der Waals surface area contributed by atoms with Crippen molar-refractivity contribution in [2.45, 2.75) is 20.3 Å². The molecule has 0 amide bonds. The molecule has 0 unspecified atom stereocenters. The Bertz CT molecular complexity index is 216. The minimum Gasteiger partial charge on any atom is -0.246 e. The molecule has 0 spiro atoms. The predicted octanol–water partition coefficient (Wildman–Crippen LogP) is 2.45. The van der Waals surface area contributed by atoms with Gasteiger partial charge in [-0.1, -0.05) is 13.0 Å². The van der Waals surface area contributed by atoms with Crippen LogP contribution < -0.4 is 0 Å². The lowest BCUT2D eigenvalue weighted by Gasteiger charge is -1.83. The average molecular weight is 148 g/mol. The Hall–Kier alpha value is -1.36. The fraction of sp³-hybridized carbons (Fsp3) is 0.333. The molecular formula is C9H12N2. The molecule has 2 nitrogen and oxygen atoms in total. The van der Waals surface area contributed by atoms with E-state index in [-0.39, 0.29) is 0 Å². The highest BCUT2D eigenvalue weighted by Gasteiger charge is 1.84. The number of hydrogen-bond acceptors (Lipinski definition) is 2. The van der Waals surface area contributed by atoms with Crippen LogP contribution in [0.25, 0.3) is 0 Å². The number of nitriles is 1. The van der Waals surface area contributed by atoms with Gasteiger partial charge in [-0.05, 0) is 25.5 Å². The zero-order chi connectivity index (χ0) is 8.53. The van der Waals surface area contributed by atoms with Gasteiger partial charge in [0.15, 0.2) is 0 Å².